The number of carbonyl (C=O) groups excluding carboxylic acids is 2. The second-order valence-electron chi connectivity index (χ2n) is 6.64. The predicted molar refractivity (Wildman–Crippen MR) is 96.2 cm³/mol. The molecule has 0 fully saturated rings. The van der Waals surface area contributed by atoms with Crippen molar-refractivity contribution in [2.75, 3.05) is 13.2 Å². The lowest BCUT2D eigenvalue weighted by molar-refractivity contribution is -0.150. The van der Waals surface area contributed by atoms with Crippen LogP contribution in [0.3, 0.4) is 0 Å². The Kier molecular flexibility index (Phi) is 6.17. The third-order valence-electron chi connectivity index (χ3n) is 3.20. The molecule has 2 rings (SSSR count). The molecule has 2 aromatic rings. The average Bonchev–Trinajstić information content (AvgIpc) is 2.58. The average molecular weight is 341 g/mol. The van der Waals surface area contributed by atoms with Crippen molar-refractivity contribution in [2.24, 2.45) is 0 Å². The summed E-state index contributed by atoms with van der Waals surface area (Å²) in [6.45, 7) is 5.01. The van der Waals surface area contributed by atoms with Crippen molar-refractivity contribution >= 4 is 11.9 Å². The highest BCUT2D eigenvalue weighted by atomic mass is 16.6. The minimum Gasteiger partial charge on any atom is -0.482 e. The van der Waals surface area contributed by atoms with Gasteiger partial charge in [-0.3, -0.25) is 4.79 Å². The standard InChI is InChI=1S/C20H23NO4/c1-20(2,3)21-18(22)13-25-19(23)14-24-17-11-9-16(10-12-17)15-7-5-4-6-8-15/h4-12H,13-14H2,1-3H3,(H,21,22). The van der Waals surface area contributed by atoms with Crippen molar-refractivity contribution in [1.29, 1.82) is 0 Å². The summed E-state index contributed by atoms with van der Waals surface area (Å²) < 4.78 is 10.3. The lowest BCUT2D eigenvalue weighted by Crippen LogP contribution is -2.43. The molecule has 0 spiro atoms. The van der Waals surface area contributed by atoms with Gasteiger partial charge in [0.1, 0.15) is 5.75 Å². The lowest BCUT2D eigenvalue weighted by Gasteiger charge is -2.20. The van der Waals surface area contributed by atoms with Crippen LogP contribution >= 0.6 is 0 Å². The highest BCUT2D eigenvalue weighted by Gasteiger charge is 2.15. The molecule has 0 heterocycles. The number of esters is 1. The second-order valence-corrected chi connectivity index (χ2v) is 6.64. The molecule has 25 heavy (non-hydrogen) atoms. The monoisotopic (exact) mass is 341 g/mol. The van der Waals surface area contributed by atoms with Crippen LogP contribution in [0, 0.1) is 0 Å². The molecule has 5 nitrogen and oxygen atoms in total. The van der Waals surface area contributed by atoms with E-state index in [0.717, 1.165) is 11.1 Å². The number of ether oxygens (including phenoxy) is 2. The van der Waals surface area contributed by atoms with Crippen LogP contribution in [0.1, 0.15) is 20.8 Å². The molecule has 0 aliphatic rings. The van der Waals surface area contributed by atoms with Crippen LogP contribution in [-0.2, 0) is 14.3 Å². The fourth-order valence-electron chi connectivity index (χ4n) is 2.16. The second kappa shape index (κ2) is 8.33. The maximum absolute atomic E-state index is 11.6. The first-order valence-electron chi connectivity index (χ1n) is 8.08. The van der Waals surface area contributed by atoms with Crippen LogP contribution in [-0.4, -0.2) is 30.6 Å². The third-order valence-corrected chi connectivity index (χ3v) is 3.20. The Bertz CT molecular complexity index is 703. The quantitative estimate of drug-likeness (QED) is 0.820. The van der Waals surface area contributed by atoms with E-state index in [-0.39, 0.29) is 24.7 Å². The Labute approximate surface area is 148 Å². The number of carbonyl (C=O) groups is 2. The molecule has 0 saturated carbocycles. The zero-order valence-corrected chi connectivity index (χ0v) is 14.7. The molecular formula is C20H23NO4. The maximum atomic E-state index is 11.6. The van der Waals surface area contributed by atoms with Gasteiger partial charge in [-0.15, -0.1) is 0 Å². The molecule has 0 aliphatic carbocycles. The first kappa shape index (κ1) is 18.5. The fraction of sp³-hybridized carbons (Fsp3) is 0.300. The Hall–Kier alpha value is -2.82. The van der Waals surface area contributed by atoms with Gasteiger partial charge in [-0.05, 0) is 44.0 Å². The third kappa shape index (κ3) is 6.67. The molecule has 0 aliphatic heterocycles. The van der Waals surface area contributed by atoms with Gasteiger partial charge in [0.2, 0.25) is 0 Å². The number of benzene rings is 2. The fourth-order valence-corrected chi connectivity index (χ4v) is 2.16. The zero-order valence-electron chi connectivity index (χ0n) is 14.7. The Morgan fingerprint density at radius 2 is 1.48 bits per heavy atom. The lowest BCUT2D eigenvalue weighted by atomic mass is 10.1. The summed E-state index contributed by atoms with van der Waals surface area (Å²) in [6.07, 6.45) is 0. The first-order valence-corrected chi connectivity index (χ1v) is 8.08. The number of hydrogen-bond acceptors (Lipinski definition) is 4. The van der Waals surface area contributed by atoms with E-state index in [0.29, 0.717) is 5.75 Å². The highest BCUT2D eigenvalue weighted by molar-refractivity contribution is 5.81. The van der Waals surface area contributed by atoms with E-state index in [1.165, 1.54) is 0 Å². The van der Waals surface area contributed by atoms with E-state index < -0.39 is 5.97 Å². The molecule has 132 valence electrons. The smallest absolute Gasteiger partial charge is 0.344 e. The summed E-state index contributed by atoms with van der Waals surface area (Å²) >= 11 is 0. The van der Waals surface area contributed by atoms with Crippen LogP contribution in [0.15, 0.2) is 54.6 Å². The molecule has 0 radical (unpaired) electrons. The largest absolute Gasteiger partial charge is 0.482 e. The van der Waals surface area contributed by atoms with Crippen LogP contribution in [0.4, 0.5) is 0 Å². The van der Waals surface area contributed by atoms with Gasteiger partial charge in [-0.25, -0.2) is 4.79 Å². The molecule has 5 heteroatoms. The van der Waals surface area contributed by atoms with Gasteiger partial charge in [-0.2, -0.15) is 0 Å². The Morgan fingerprint density at radius 1 is 0.880 bits per heavy atom. The summed E-state index contributed by atoms with van der Waals surface area (Å²) in [6, 6.07) is 17.4. The summed E-state index contributed by atoms with van der Waals surface area (Å²) in [4.78, 5) is 23.2. The van der Waals surface area contributed by atoms with E-state index in [4.69, 9.17) is 9.47 Å². The SMILES string of the molecule is CC(C)(C)NC(=O)COC(=O)COc1ccc(-c2ccccc2)cc1. The van der Waals surface area contributed by atoms with Crippen molar-refractivity contribution in [2.45, 2.75) is 26.3 Å². The van der Waals surface area contributed by atoms with Crippen molar-refractivity contribution < 1.29 is 19.1 Å². The van der Waals surface area contributed by atoms with E-state index in [2.05, 4.69) is 5.32 Å². The van der Waals surface area contributed by atoms with Gasteiger partial charge in [-0.1, -0.05) is 42.5 Å². The zero-order chi connectivity index (χ0) is 18.3. The summed E-state index contributed by atoms with van der Waals surface area (Å²) in [5.41, 5.74) is 1.81. The van der Waals surface area contributed by atoms with Crippen molar-refractivity contribution in [1.82, 2.24) is 5.32 Å². The van der Waals surface area contributed by atoms with E-state index in [1.54, 1.807) is 12.1 Å². The molecule has 0 unspecified atom stereocenters. The maximum Gasteiger partial charge on any atom is 0.344 e. The molecule has 0 atom stereocenters. The number of hydrogen-bond donors (Lipinski definition) is 1. The van der Waals surface area contributed by atoms with Gasteiger partial charge >= 0.3 is 5.97 Å². The highest BCUT2D eigenvalue weighted by Crippen LogP contribution is 2.21. The van der Waals surface area contributed by atoms with Gasteiger partial charge in [0.25, 0.3) is 5.91 Å². The van der Waals surface area contributed by atoms with Crippen molar-refractivity contribution in [3.63, 3.8) is 0 Å². The Balaban J connectivity index is 1.77. The molecule has 0 bridgehead atoms. The van der Waals surface area contributed by atoms with Gasteiger partial charge in [0.15, 0.2) is 13.2 Å². The van der Waals surface area contributed by atoms with Crippen LogP contribution in [0.2, 0.25) is 0 Å². The molecule has 1 N–H and O–H groups in total. The van der Waals surface area contributed by atoms with E-state index >= 15 is 0 Å². The Morgan fingerprint density at radius 3 is 2.08 bits per heavy atom. The van der Waals surface area contributed by atoms with Gasteiger partial charge < -0.3 is 14.8 Å². The van der Waals surface area contributed by atoms with E-state index in [1.807, 2.05) is 63.2 Å². The summed E-state index contributed by atoms with van der Waals surface area (Å²) in [7, 11) is 0. The van der Waals surface area contributed by atoms with E-state index in [9.17, 15) is 9.59 Å². The number of amides is 1. The van der Waals surface area contributed by atoms with Crippen LogP contribution in [0.25, 0.3) is 11.1 Å². The molecule has 1 amide bonds. The minimum atomic E-state index is -0.587. The number of nitrogens with one attached hydrogen (secondary N) is 1. The van der Waals surface area contributed by atoms with Crippen LogP contribution < -0.4 is 10.1 Å². The van der Waals surface area contributed by atoms with Gasteiger partial charge in [0.05, 0.1) is 0 Å². The molecule has 2 aromatic carbocycles. The van der Waals surface area contributed by atoms with Gasteiger partial charge in [0, 0.05) is 5.54 Å². The minimum absolute atomic E-state index is 0.243. The van der Waals surface area contributed by atoms with Crippen LogP contribution in [0.5, 0.6) is 5.75 Å². The topological polar surface area (TPSA) is 64.6 Å². The molecule has 0 aromatic heterocycles. The normalized spacial score (nSPS) is 10.8. The molecule has 0 saturated heterocycles. The summed E-state index contributed by atoms with van der Waals surface area (Å²) in [5, 5.41) is 2.71. The van der Waals surface area contributed by atoms with Crippen molar-refractivity contribution in [3.8, 4) is 16.9 Å². The predicted octanol–water partition coefficient (Wildman–Crippen LogP) is 3.19. The number of rotatable bonds is 6. The molecular weight excluding hydrogens is 318 g/mol. The first-order chi connectivity index (χ1) is 11.8. The summed E-state index contributed by atoms with van der Waals surface area (Å²) in [5.74, 6) is -0.361. The van der Waals surface area contributed by atoms with Crippen molar-refractivity contribution in [3.05, 3.63) is 54.6 Å².